The zero-order valence-corrected chi connectivity index (χ0v) is 15.6. The van der Waals surface area contributed by atoms with Gasteiger partial charge in [-0.25, -0.2) is 0 Å². The first kappa shape index (κ1) is 19.4. The summed E-state index contributed by atoms with van der Waals surface area (Å²) in [5, 5.41) is 12.5. The molecule has 0 radical (unpaired) electrons. The lowest BCUT2D eigenvalue weighted by Gasteiger charge is -2.32. The van der Waals surface area contributed by atoms with Crippen LogP contribution in [-0.2, 0) is 20.8 Å². The molecular formula is C18H28N4O3. The predicted octanol–water partition coefficient (Wildman–Crippen LogP) is 1.67. The molecule has 138 valence electrons. The van der Waals surface area contributed by atoms with Crippen LogP contribution in [0.4, 0.5) is 5.82 Å². The van der Waals surface area contributed by atoms with Crippen LogP contribution in [0.1, 0.15) is 30.2 Å². The van der Waals surface area contributed by atoms with Crippen LogP contribution in [0.15, 0.2) is 0 Å². The van der Waals surface area contributed by atoms with Crippen LogP contribution in [0, 0.1) is 25.2 Å². The molecule has 0 aliphatic carbocycles. The number of methoxy groups -OCH3 is 1. The standard InChI is InChI=1S/C18H28N4O3/c1-13-12-25-9-7-21(13)11-17(23)20-18-16(10-19)14(2)15(3)22(18)6-5-8-24-4/h13H,5-9,11-12H2,1-4H3,(H,20,23)/t13-/m0/s1. The average Bonchev–Trinajstić information content (AvgIpc) is 2.81. The number of carbonyl (C=O) groups is 1. The van der Waals surface area contributed by atoms with Gasteiger partial charge in [-0.3, -0.25) is 9.69 Å². The molecule has 1 amide bonds. The summed E-state index contributed by atoms with van der Waals surface area (Å²) in [7, 11) is 1.67. The van der Waals surface area contributed by atoms with Gasteiger partial charge < -0.3 is 19.4 Å². The third kappa shape index (κ3) is 4.60. The van der Waals surface area contributed by atoms with E-state index in [9.17, 15) is 10.1 Å². The van der Waals surface area contributed by atoms with E-state index in [1.807, 2.05) is 18.4 Å². The molecule has 1 atom stereocenters. The molecule has 0 aromatic carbocycles. The van der Waals surface area contributed by atoms with Crippen molar-refractivity contribution in [2.75, 3.05) is 45.3 Å². The van der Waals surface area contributed by atoms with Crippen LogP contribution in [0.3, 0.4) is 0 Å². The van der Waals surface area contributed by atoms with E-state index in [-0.39, 0.29) is 11.9 Å². The highest BCUT2D eigenvalue weighted by Gasteiger charge is 2.23. The second kappa shape index (κ2) is 8.99. The van der Waals surface area contributed by atoms with Crippen molar-refractivity contribution in [3.05, 3.63) is 16.8 Å². The van der Waals surface area contributed by atoms with Gasteiger partial charge in [-0.05, 0) is 32.8 Å². The molecule has 1 saturated heterocycles. The van der Waals surface area contributed by atoms with E-state index in [1.54, 1.807) is 7.11 Å². The van der Waals surface area contributed by atoms with Gasteiger partial charge in [0.25, 0.3) is 0 Å². The molecule has 1 N–H and O–H groups in total. The lowest BCUT2D eigenvalue weighted by molar-refractivity contribution is -0.119. The lowest BCUT2D eigenvalue weighted by atomic mass is 10.2. The number of ether oxygens (including phenoxy) is 2. The van der Waals surface area contributed by atoms with Gasteiger partial charge >= 0.3 is 0 Å². The molecule has 1 aliphatic heterocycles. The molecule has 0 saturated carbocycles. The topological polar surface area (TPSA) is 79.5 Å². The number of nitrogens with one attached hydrogen (secondary N) is 1. The monoisotopic (exact) mass is 348 g/mol. The summed E-state index contributed by atoms with van der Waals surface area (Å²) in [4.78, 5) is 14.7. The van der Waals surface area contributed by atoms with E-state index in [4.69, 9.17) is 9.47 Å². The van der Waals surface area contributed by atoms with E-state index in [2.05, 4.69) is 23.2 Å². The summed E-state index contributed by atoms with van der Waals surface area (Å²) >= 11 is 0. The van der Waals surface area contributed by atoms with Crippen molar-refractivity contribution in [2.24, 2.45) is 0 Å². The number of hydrogen-bond acceptors (Lipinski definition) is 5. The Kier molecular flexibility index (Phi) is 7.00. The third-order valence-corrected chi connectivity index (χ3v) is 4.78. The van der Waals surface area contributed by atoms with Gasteiger partial charge in [0, 0.05) is 38.5 Å². The normalized spacial score (nSPS) is 18.1. The maximum absolute atomic E-state index is 12.6. The molecule has 7 nitrogen and oxygen atoms in total. The van der Waals surface area contributed by atoms with Crippen molar-refractivity contribution in [1.29, 1.82) is 5.26 Å². The first-order valence-corrected chi connectivity index (χ1v) is 8.70. The van der Waals surface area contributed by atoms with E-state index < -0.39 is 0 Å². The van der Waals surface area contributed by atoms with Gasteiger partial charge in [0.05, 0.1) is 25.3 Å². The summed E-state index contributed by atoms with van der Waals surface area (Å²) < 4.78 is 12.5. The van der Waals surface area contributed by atoms with Gasteiger partial charge in [0.2, 0.25) is 5.91 Å². The van der Waals surface area contributed by atoms with Gasteiger partial charge in [0.15, 0.2) is 0 Å². The van der Waals surface area contributed by atoms with Crippen LogP contribution in [0.25, 0.3) is 0 Å². The Hall–Kier alpha value is -1.88. The van der Waals surface area contributed by atoms with Crippen molar-refractivity contribution in [3.8, 4) is 6.07 Å². The summed E-state index contributed by atoms with van der Waals surface area (Å²) in [6.07, 6.45) is 0.819. The van der Waals surface area contributed by atoms with Crippen LogP contribution < -0.4 is 5.32 Å². The number of morpholine rings is 1. The molecular weight excluding hydrogens is 320 g/mol. The number of rotatable bonds is 7. The third-order valence-electron chi connectivity index (χ3n) is 4.78. The quantitative estimate of drug-likeness (QED) is 0.758. The molecule has 7 heteroatoms. The van der Waals surface area contributed by atoms with Gasteiger partial charge in [-0.2, -0.15) is 5.26 Å². The molecule has 0 unspecified atom stereocenters. The maximum atomic E-state index is 12.6. The van der Waals surface area contributed by atoms with E-state index in [1.165, 1.54) is 0 Å². The SMILES string of the molecule is COCCCn1c(C)c(C)c(C#N)c1NC(=O)CN1CCOC[C@@H]1C. The maximum Gasteiger partial charge on any atom is 0.239 e. The van der Waals surface area contributed by atoms with Gasteiger partial charge in [-0.1, -0.05) is 0 Å². The Morgan fingerprint density at radius 3 is 2.88 bits per heavy atom. The molecule has 0 spiro atoms. The number of amides is 1. The van der Waals surface area contributed by atoms with Crippen molar-refractivity contribution in [3.63, 3.8) is 0 Å². The molecule has 1 aliphatic rings. The molecule has 1 fully saturated rings. The number of nitrogens with zero attached hydrogens (tertiary/aromatic N) is 3. The first-order chi connectivity index (χ1) is 12.0. The minimum absolute atomic E-state index is 0.101. The van der Waals surface area contributed by atoms with Crippen LogP contribution in [0.5, 0.6) is 0 Å². The summed E-state index contributed by atoms with van der Waals surface area (Å²) in [5.74, 6) is 0.496. The fraction of sp³-hybridized carbons (Fsp3) is 0.667. The van der Waals surface area contributed by atoms with Gasteiger partial charge in [-0.15, -0.1) is 0 Å². The highest BCUT2D eigenvalue weighted by molar-refractivity contribution is 5.93. The molecule has 2 rings (SSSR count). The molecule has 1 aromatic rings. The molecule has 2 heterocycles. The highest BCUT2D eigenvalue weighted by atomic mass is 16.5. The number of aromatic nitrogens is 1. The number of nitriles is 1. The first-order valence-electron chi connectivity index (χ1n) is 8.70. The van der Waals surface area contributed by atoms with E-state index in [0.29, 0.717) is 44.3 Å². The number of anilines is 1. The van der Waals surface area contributed by atoms with Crippen LogP contribution in [-0.4, -0.2) is 61.4 Å². The minimum Gasteiger partial charge on any atom is -0.385 e. The average molecular weight is 348 g/mol. The Bertz CT molecular complexity index is 648. The van der Waals surface area contributed by atoms with Gasteiger partial charge in [0.1, 0.15) is 11.9 Å². The Morgan fingerprint density at radius 2 is 2.24 bits per heavy atom. The summed E-state index contributed by atoms with van der Waals surface area (Å²) in [6.45, 7) is 9.61. The van der Waals surface area contributed by atoms with Crippen molar-refractivity contribution < 1.29 is 14.3 Å². The Labute approximate surface area is 149 Å². The van der Waals surface area contributed by atoms with E-state index in [0.717, 1.165) is 24.2 Å². The lowest BCUT2D eigenvalue weighted by Crippen LogP contribution is -2.47. The minimum atomic E-state index is -0.101. The van der Waals surface area contributed by atoms with Crippen molar-refractivity contribution >= 4 is 11.7 Å². The van der Waals surface area contributed by atoms with Crippen LogP contribution >= 0.6 is 0 Å². The fourth-order valence-electron chi connectivity index (χ4n) is 3.13. The zero-order valence-electron chi connectivity index (χ0n) is 15.6. The molecule has 25 heavy (non-hydrogen) atoms. The number of carbonyl (C=O) groups excluding carboxylic acids is 1. The largest absolute Gasteiger partial charge is 0.385 e. The van der Waals surface area contributed by atoms with E-state index >= 15 is 0 Å². The predicted molar refractivity (Wildman–Crippen MR) is 95.6 cm³/mol. The molecule has 1 aromatic heterocycles. The Balaban J connectivity index is 2.14. The van der Waals surface area contributed by atoms with Crippen molar-refractivity contribution in [2.45, 2.75) is 39.8 Å². The number of hydrogen-bond donors (Lipinski definition) is 1. The highest BCUT2D eigenvalue weighted by Crippen LogP contribution is 2.26. The second-order valence-corrected chi connectivity index (χ2v) is 6.49. The second-order valence-electron chi connectivity index (χ2n) is 6.49. The fourth-order valence-corrected chi connectivity index (χ4v) is 3.13. The zero-order chi connectivity index (χ0) is 18.4. The smallest absolute Gasteiger partial charge is 0.239 e. The Morgan fingerprint density at radius 1 is 1.48 bits per heavy atom. The summed E-state index contributed by atoms with van der Waals surface area (Å²) in [5.41, 5.74) is 2.45. The summed E-state index contributed by atoms with van der Waals surface area (Å²) in [6, 6.07) is 2.45. The molecule has 0 bridgehead atoms. The van der Waals surface area contributed by atoms with Crippen LogP contribution in [0.2, 0.25) is 0 Å². The van der Waals surface area contributed by atoms with Crippen molar-refractivity contribution in [1.82, 2.24) is 9.47 Å².